The molecule has 2 nitrogen and oxygen atoms in total. The predicted molar refractivity (Wildman–Crippen MR) is 29.5 cm³/mol. The third-order valence-electron chi connectivity index (χ3n) is 1.16. The van der Waals surface area contributed by atoms with E-state index in [-0.39, 0.29) is 5.92 Å². The van der Waals surface area contributed by atoms with Crippen LogP contribution in [-0.2, 0) is 5.11 Å². The van der Waals surface area contributed by atoms with Crippen molar-refractivity contribution in [2.45, 2.75) is 26.4 Å². The van der Waals surface area contributed by atoms with Gasteiger partial charge in [-0.15, -0.1) is 0 Å². The first-order chi connectivity index (χ1) is 3.72. The van der Waals surface area contributed by atoms with E-state index >= 15 is 0 Å². The van der Waals surface area contributed by atoms with E-state index in [4.69, 9.17) is 5.26 Å². The van der Waals surface area contributed by atoms with Crippen LogP contribution in [0.25, 0.3) is 0 Å². The predicted octanol–water partition coefficient (Wildman–Crippen LogP) is 1.36. The normalized spacial score (nSPS) is 16.8. The summed E-state index contributed by atoms with van der Waals surface area (Å²) in [7, 11) is 0. The summed E-state index contributed by atoms with van der Waals surface area (Å²) in [4.78, 5) is 0. The third kappa shape index (κ3) is 1.94. The van der Waals surface area contributed by atoms with Crippen molar-refractivity contribution < 1.29 is 5.11 Å². The Morgan fingerprint density at radius 2 is 2.25 bits per heavy atom. The third-order valence-corrected chi connectivity index (χ3v) is 1.16. The zero-order valence-electron chi connectivity index (χ0n) is 5.22. The maximum atomic E-state index is 10.6. The van der Waals surface area contributed by atoms with E-state index in [9.17, 15) is 5.11 Å². The smallest absolute Gasteiger partial charge is 0.108 e. The van der Waals surface area contributed by atoms with E-state index in [0.29, 0.717) is 6.42 Å². The van der Waals surface area contributed by atoms with Crippen LogP contribution in [0.4, 0.5) is 0 Å². The Hall–Kier alpha value is -0.550. The fourth-order valence-corrected chi connectivity index (χ4v) is 0.437. The number of hydrogen-bond donors (Lipinski definition) is 0. The highest BCUT2D eigenvalue weighted by molar-refractivity contribution is 4.83. The van der Waals surface area contributed by atoms with Gasteiger partial charge in [0.25, 0.3) is 0 Å². The average Bonchev–Trinajstić information content (AvgIpc) is 1.84. The highest BCUT2D eigenvalue weighted by Crippen LogP contribution is 2.04. The van der Waals surface area contributed by atoms with Crippen molar-refractivity contribution in [1.29, 1.82) is 5.26 Å². The summed E-state index contributed by atoms with van der Waals surface area (Å²) in [5, 5.41) is 18.8. The fraction of sp³-hybridized carbons (Fsp3) is 0.833. The van der Waals surface area contributed by atoms with E-state index in [1.54, 1.807) is 13.8 Å². The van der Waals surface area contributed by atoms with Crippen LogP contribution in [0, 0.1) is 17.2 Å². The second kappa shape index (κ2) is 3.45. The molecule has 0 bridgehead atoms. The molecule has 0 aliphatic rings. The molecule has 8 heavy (non-hydrogen) atoms. The van der Waals surface area contributed by atoms with Gasteiger partial charge in [0.05, 0.1) is 12.0 Å². The lowest BCUT2D eigenvalue weighted by molar-refractivity contribution is 0.0585. The van der Waals surface area contributed by atoms with Crippen LogP contribution in [0.3, 0.4) is 0 Å². The standard InChI is InChI=1S/C6H10NO/c1-3-6(8)5(2)4-7/h5-6H,3H2,1-2H3. The van der Waals surface area contributed by atoms with Crippen LogP contribution in [0.1, 0.15) is 20.3 Å². The summed E-state index contributed by atoms with van der Waals surface area (Å²) < 4.78 is 0. The molecule has 0 aliphatic carbocycles. The van der Waals surface area contributed by atoms with Crippen LogP contribution in [0.5, 0.6) is 0 Å². The van der Waals surface area contributed by atoms with Gasteiger partial charge >= 0.3 is 0 Å². The second-order valence-corrected chi connectivity index (χ2v) is 1.86. The lowest BCUT2D eigenvalue weighted by Crippen LogP contribution is -2.11. The molecule has 2 atom stereocenters. The highest BCUT2D eigenvalue weighted by Gasteiger charge is 2.11. The summed E-state index contributed by atoms with van der Waals surface area (Å²) in [6.45, 7) is 3.45. The summed E-state index contributed by atoms with van der Waals surface area (Å²) in [5.74, 6) is -0.333. The summed E-state index contributed by atoms with van der Waals surface area (Å²) in [6.07, 6.45) is -0.144. The van der Waals surface area contributed by atoms with Crippen LogP contribution < -0.4 is 0 Å². The topological polar surface area (TPSA) is 43.7 Å². The monoisotopic (exact) mass is 112 g/mol. The molecule has 0 aromatic carbocycles. The largest absolute Gasteiger partial charge is 0.232 e. The maximum Gasteiger partial charge on any atom is 0.108 e. The van der Waals surface area contributed by atoms with Gasteiger partial charge in [-0.25, -0.2) is 5.11 Å². The maximum absolute atomic E-state index is 10.6. The van der Waals surface area contributed by atoms with Crippen LogP contribution in [-0.4, -0.2) is 6.10 Å². The van der Waals surface area contributed by atoms with Crippen molar-refractivity contribution in [3.8, 4) is 6.07 Å². The SMILES string of the molecule is CCC([O])C(C)C#N. The first-order valence-corrected chi connectivity index (χ1v) is 2.77. The van der Waals surface area contributed by atoms with Crippen molar-refractivity contribution in [3.05, 3.63) is 0 Å². The summed E-state index contributed by atoms with van der Waals surface area (Å²) >= 11 is 0. The fourth-order valence-electron chi connectivity index (χ4n) is 0.437. The Morgan fingerprint density at radius 3 is 2.38 bits per heavy atom. The molecule has 0 saturated carbocycles. The first-order valence-electron chi connectivity index (χ1n) is 2.77. The van der Waals surface area contributed by atoms with Gasteiger partial charge in [-0.3, -0.25) is 0 Å². The van der Waals surface area contributed by atoms with E-state index in [2.05, 4.69) is 0 Å². The Bertz CT molecular complexity index is 95.2. The van der Waals surface area contributed by atoms with E-state index < -0.39 is 6.10 Å². The van der Waals surface area contributed by atoms with Gasteiger partial charge in [-0.05, 0) is 13.3 Å². The van der Waals surface area contributed by atoms with Crippen LogP contribution in [0.15, 0.2) is 0 Å². The van der Waals surface area contributed by atoms with Gasteiger partial charge < -0.3 is 0 Å². The summed E-state index contributed by atoms with van der Waals surface area (Å²) in [6, 6.07) is 1.90. The molecule has 0 fully saturated rings. The lowest BCUT2D eigenvalue weighted by Gasteiger charge is -2.03. The van der Waals surface area contributed by atoms with Gasteiger partial charge in [-0.2, -0.15) is 5.26 Å². The Labute approximate surface area is 49.8 Å². The molecule has 0 aliphatic heterocycles. The molecule has 0 amide bonds. The molecular weight excluding hydrogens is 102 g/mol. The van der Waals surface area contributed by atoms with Gasteiger partial charge in [-0.1, -0.05) is 6.92 Å². The Kier molecular flexibility index (Phi) is 3.21. The first kappa shape index (κ1) is 7.45. The van der Waals surface area contributed by atoms with Gasteiger partial charge in [0.1, 0.15) is 6.10 Å². The van der Waals surface area contributed by atoms with E-state index in [1.807, 2.05) is 6.07 Å². The lowest BCUT2D eigenvalue weighted by atomic mass is 10.1. The average molecular weight is 112 g/mol. The molecule has 0 spiro atoms. The number of nitriles is 1. The summed E-state index contributed by atoms with van der Waals surface area (Å²) in [5.41, 5.74) is 0. The van der Waals surface area contributed by atoms with Gasteiger partial charge in [0.2, 0.25) is 0 Å². The molecule has 0 N–H and O–H groups in total. The minimum Gasteiger partial charge on any atom is -0.232 e. The second-order valence-electron chi connectivity index (χ2n) is 1.86. The van der Waals surface area contributed by atoms with E-state index in [0.717, 1.165) is 0 Å². The molecule has 45 valence electrons. The quantitative estimate of drug-likeness (QED) is 0.531. The molecule has 2 heteroatoms. The van der Waals surface area contributed by atoms with Gasteiger partial charge in [0.15, 0.2) is 0 Å². The molecular formula is C6H10NO. The molecule has 0 saturated heterocycles. The Balaban J connectivity index is 3.49. The van der Waals surface area contributed by atoms with Crippen molar-refractivity contribution in [2.75, 3.05) is 0 Å². The molecule has 2 unspecified atom stereocenters. The molecule has 1 radical (unpaired) electrons. The van der Waals surface area contributed by atoms with E-state index in [1.165, 1.54) is 0 Å². The van der Waals surface area contributed by atoms with Crippen molar-refractivity contribution in [2.24, 2.45) is 5.92 Å². The zero-order valence-corrected chi connectivity index (χ0v) is 5.22. The number of hydrogen-bond acceptors (Lipinski definition) is 1. The number of nitrogens with zero attached hydrogens (tertiary/aromatic N) is 1. The highest BCUT2D eigenvalue weighted by atomic mass is 16.3. The minimum absolute atomic E-state index is 0.333. The molecule has 0 rings (SSSR count). The van der Waals surface area contributed by atoms with Crippen molar-refractivity contribution in [1.82, 2.24) is 0 Å². The Morgan fingerprint density at radius 1 is 1.75 bits per heavy atom. The molecule has 0 aromatic heterocycles. The van der Waals surface area contributed by atoms with Crippen molar-refractivity contribution >= 4 is 0 Å². The number of rotatable bonds is 2. The molecule has 0 heterocycles. The van der Waals surface area contributed by atoms with Gasteiger partial charge in [0, 0.05) is 0 Å². The molecule has 0 aromatic rings. The minimum atomic E-state index is -0.694. The van der Waals surface area contributed by atoms with Crippen LogP contribution in [0.2, 0.25) is 0 Å². The van der Waals surface area contributed by atoms with Crippen molar-refractivity contribution in [3.63, 3.8) is 0 Å². The zero-order chi connectivity index (χ0) is 6.57. The van der Waals surface area contributed by atoms with Crippen LogP contribution >= 0.6 is 0 Å².